The summed E-state index contributed by atoms with van der Waals surface area (Å²) in [4.78, 5) is 0. The molecule has 0 aromatic rings. The van der Waals surface area contributed by atoms with Crippen LogP contribution in [0.4, 0.5) is 0 Å². The molecular formula is C33H58Si. The van der Waals surface area contributed by atoms with Gasteiger partial charge in [-0.15, -0.1) is 0 Å². The van der Waals surface area contributed by atoms with Crippen LogP contribution < -0.4 is 0 Å². The maximum absolute atomic E-state index is 2.47. The van der Waals surface area contributed by atoms with E-state index in [9.17, 15) is 0 Å². The minimum Gasteiger partial charge on any atom is -0.0856 e. The Morgan fingerprint density at radius 3 is 1.03 bits per heavy atom. The first kappa shape index (κ1) is 32.7. The second-order valence-electron chi connectivity index (χ2n) is 12.0. The van der Waals surface area contributed by atoms with Crippen molar-refractivity contribution in [3.05, 3.63) is 69.9 Å². The summed E-state index contributed by atoms with van der Waals surface area (Å²) < 4.78 is 0. The van der Waals surface area contributed by atoms with E-state index in [1.807, 2.05) is 0 Å². The summed E-state index contributed by atoms with van der Waals surface area (Å²) in [6, 6.07) is 1.34. The Hall–Kier alpha value is -1.34. The van der Waals surface area contributed by atoms with Crippen LogP contribution in [-0.2, 0) is 0 Å². The van der Waals surface area contributed by atoms with Gasteiger partial charge in [0.2, 0.25) is 0 Å². The second kappa shape index (κ2) is 18.9. The normalized spacial score (nSPS) is 14.6. The average molecular weight is 483 g/mol. The highest BCUT2D eigenvalue weighted by Gasteiger charge is 2.12. The van der Waals surface area contributed by atoms with Gasteiger partial charge in [0.1, 0.15) is 0 Å². The van der Waals surface area contributed by atoms with Crippen molar-refractivity contribution in [2.24, 2.45) is 0 Å². The Morgan fingerprint density at radius 1 is 0.412 bits per heavy atom. The summed E-state index contributed by atoms with van der Waals surface area (Å²) in [7, 11) is -0.966. The summed E-state index contributed by atoms with van der Waals surface area (Å²) in [5, 5.41) is 0. The fraction of sp³-hybridized carbons (Fsp3) is 0.636. The number of hydrogen-bond acceptors (Lipinski definition) is 0. The highest BCUT2D eigenvalue weighted by molar-refractivity contribution is 6.76. The molecule has 0 N–H and O–H groups in total. The van der Waals surface area contributed by atoms with Crippen molar-refractivity contribution in [1.29, 1.82) is 0 Å². The lowest BCUT2D eigenvalue weighted by molar-refractivity contribution is 0.896. The third-order valence-corrected chi connectivity index (χ3v) is 7.77. The Kier molecular flexibility index (Phi) is 18.2. The van der Waals surface area contributed by atoms with E-state index in [0.717, 1.165) is 0 Å². The quantitative estimate of drug-likeness (QED) is 0.110. The van der Waals surface area contributed by atoms with Gasteiger partial charge in [0.05, 0.1) is 0 Å². The van der Waals surface area contributed by atoms with Crippen LogP contribution in [0.3, 0.4) is 0 Å². The van der Waals surface area contributed by atoms with Crippen LogP contribution in [0.15, 0.2) is 69.9 Å². The number of rotatable bonds is 17. The fourth-order valence-electron chi connectivity index (χ4n) is 4.20. The molecule has 0 aromatic heterocycles. The molecular weight excluding hydrogens is 424 g/mol. The SMILES string of the molecule is CC(C)=CCC/C(C)=C/CC/C(C)=C/CC/C=C(\C)CC/C=C(\C)CC/C=C(\C)C[Si](C)(C)C. The molecule has 0 rings (SSSR count). The van der Waals surface area contributed by atoms with Crippen LogP contribution in [0, 0.1) is 0 Å². The van der Waals surface area contributed by atoms with Crippen LogP contribution in [0.1, 0.15) is 113 Å². The first-order valence-electron chi connectivity index (χ1n) is 13.8. The molecule has 0 spiro atoms. The zero-order valence-corrected chi connectivity index (χ0v) is 25.7. The molecule has 0 aliphatic carbocycles. The summed E-state index contributed by atoms with van der Waals surface area (Å²) in [5.74, 6) is 0. The van der Waals surface area contributed by atoms with Gasteiger partial charge in [-0.3, -0.25) is 0 Å². The molecule has 0 fully saturated rings. The highest BCUT2D eigenvalue weighted by Crippen LogP contribution is 2.18. The van der Waals surface area contributed by atoms with E-state index < -0.39 is 8.07 Å². The van der Waals surface area contributed by atoms with E-state index in [0.29, 0.717) is 0 Å². The van der Waals surface area contributed by atoms with Gasteiger partial charge in [-0.2, -0.15) is 0 Å². The molecule has 34 heavy (non-hydrogen) atoms. The lowest BCUT2D eigenvalue weighted by Crippen LogP contribution is -2.19. The van der Waals surface area contributed by atoms with Gasteiger partial charge in [-0.25, -0.2) is 0 Å². The Morgan fingerprint density at radius 2 is 0.706 bits per heavy atom. The number of hydrogen-bond donors (Lipinski definition) is 0. The van der Waals surface area contributed by atoms with Crippen molar-refractivity contribution in [3.63, 3.8) is 0 Å². The van der Waals surface area contributed by atoms with Gasteiger partial charge in [0, 0.05) is 8.07 Å². The smallest absolute Gasteiger partial charge is 0.0483 e. The van der Waals surface area contributed by atoms with Gasteiger partial charge in [-0.05, 0) is 119 Å². The zero-order chi connectivity index (χ0) is 26.0. The minimum absolute atomic E-state index is 0.966. The molecule has 0 aliphatic rings. The van der Waals surface area contributed by atoms with E-state index >= 15 is 0 Å². The van der Waals surface area contributed by atoms with Crippen molar-refractivity contribution >= 4 is 8.07 Å². The predicted molar refractivity (Wildman–Crippen MR) is 163 cm³/mol. The topological polar surface area (TPSA) is 0 Å². The minimum atomic E-state index is -0.966. The average Bonchev–Trinajstić information content (AvgIpc) is 2.69. The molecule has 1 heteroatoms. The summed E-state index contributed by atoms with van der Waals surface area (Å²) in [5.41, 5.74) is 9.17. The molecule has 0 nitrogen and oxygen atoms in total. The monoisotopic (exact) mass is 482 g/mol. The molecule has 0 bridgehead atoms. The summed E-state index contributed by atoms with van der Waals surface area (Å²) in [6.45, 7) is 23.2. The second-order valence-corrected chi connectivity index (χ2v) is 17.5. The van der Waals surface area contributed by atoms with Gasteiger partial charge < -0.3 is 0 Å². The van der Waals surface area contributed by atoms with Crippen LogP contribution >= 0.6 is 0 Å². The maximum Gasteiger partial charge on any atom is 0.0483 e. The Balaban J connectivity index is 4.13. The lowest BCUT2D eigenvalue weighted by atomic mass is 10.0. The number of allylic oxidation sites excluding steroid dienone is 12. The molecule has 0 saturated heterocycles. The van der Waals surface area contributed by atoms with Crippen molar-refractivity contribution < 1.29 is 0 Å². The van der Waals surface area contributed by atoms with E-state index in [-0.39, 0.29) is 0 Å². The van der Waals surface area contributed by atoms with E-state index in [1.165, 1.54) is 92.5 Å². The fourth-order valence-corrected chi connectivity index (χ4v) is 6.02. The molecule has 0 unspecified atom stereocenters. The molecule has 0 radical (unpaired) electrons. The van der Waals surface area contributed by atoms with Gasteiger partial charge in [0.25, 0.3) is 0 Å². The zero-order valence-electron chi connectivity index (χ0n) is 24.7. The van der Waals surface area contributed by atoms with E-state index in [4.69, 9.17) is 0 Å². The van der Waals surface area contributed by atoms with Gasteiger partial charge >= 0.3 is 0 Å². The van der Waals surface area contributed by atoms with Gasteiger partial charge in [-0.1, -0.05) is 89.5 Å². The standard InChI is InChI=1S/C33H58Si/c1-28(2)17-13-20-31(5)23-14-21-29(3)18-11-12-19-30(4)22-15-24-32(6)25-16-26-33(7)27-34(8,9)10/h17-19,23-24,26H,11-16,20-22,25,27H2,1-10H3/b29-18+,30-19+,31-23+,32-24+,33-26+. The molecule has 0 atom stereocenters. The van der Waals surface area contributed by atoms with Crippen molar-refractivity contribution in [1.82, 2.24) is 0 Å². The molecule has 0 saturated carbocycles. The highest BCUT2D eigenvalue weighted by atomic mass is 28.3. The van der Waals surface area contributed by atoms with Crippen LogP contribution in [0.2, 0.25) is 25.7 Å². The Labute approximate surface area is 216 Å². The predicted octanol–water partition coefficient (Wildman–Crippen LogP) is 11.9. The largest absolute Gasteiger partial charge is 0.0856 e. The van der Waals surface area contributed by atoms with Crippen LogP contribution in [0.25, 0.3) is 0 Å². The van der Waals surface area contributed by atoms with Crippen LogP contribution in [-0.4, -0.2) is 8.07 Å². The molecule has 0 heterocycles. The van der Waals surface area contributed by atoms with Crippen molar-refractivity contribution in [2.45, 2.75) is 138 Å². The molecule has 194 valence electrons. The molecule has 0 aliphatic heterocycles. The van der Waals surface area contributed by atoms with Crippen molar-refractivity contribution in [3.8, 4) is 0 Å². The first-order valence-corrected chi connectivity index (χ1v) is 17.5. The lowest BCUT2D eigenvalue weighted by Gasteiger charge is -2.15. The summed E-state index contributed by atoms with van der Waals surface area (Å²) >= 11 is 0. The first-order chi connectivity index (χ1) is 15.9. The summed E-state index contributed by atoms with van der Waals surface area (Å²) in [6.07, 6.45) is 26.5. The van der Waals surface area contributed by atoms with E-state index in [2.05, 4.69) is 105 Å². The number of unbranched alkanes of at least 4 members (excludes halogenated alkanes) is 1. The third-order valence-electron chi connectivity index (χ3n) is 6.15. The van der Waals surface area contributed by atoms with Crippen molar-refractivity contribution in [2.75, 3.05) is 0 Å². The van der Waals surface area contributed by atoms with E-state index in [1.54, 1.807) is 11.1 Å². The molecule has 0 aromatic carbocycles. The Bertz CT molecular complexity index is 740. The maximum atomic E-state index is 2.47. The van der Waals surface area contributed by atoms with Crippen LogP contribution in [0.5, 0.6) is 0 Å². The third kappa shape index (κ3) is 22.4. The van der Waals surface area contributed by atoms with Gasteiger partial charge in [0.15, 0.2) is 0 Å². The molecule has 0 amide bonds.